The molecule has 0 spiro atoms. The number of hydrogen-bond acceptors (Lipinski definition) is 5. The molecule has 5 nitrogen and oxygen atoms in total. The molecule has 2 rings (SSSR count). The summed E-state index contributed by atoms with van der Waals surface area (Å²) < 4.78 is 22.9. The molecule has 138 valence electrons. The van der Waals surface area contributed by atoms with Crippen LogP contribution in [0.25, 0.3) is 0 Å². The highest BCUT2D eigenvalue weighted by molar-refractivity contribution is 5.81. The molecule has 0 unspecified atom stereocenters. The summed E-state index contributed by atoms with van der Waals surface area (Å²) >= 11 is 0. The lowest BCUT2D eigenvalue weighted by atomic mass is 9.94. The maximum atomic E-state index is 11.4. The van der Waals surface area contributed by atoms with Gasteiger partial charge in [-0.3, -0.25) is 0 Å². The first-order valence-electron chi connectivity index (χ1n) is 8.59. The van der Waals surface area contributed by atoms with Crippen molar-refractivity contribution in [3.8, 4) is 0 Å². The summed E-state index contributed by atoms with van der Waals surface area (Å²) in [5, 5.41) is 0. The molecule has 0 bridgehead atoms. The van der Waals surface area contributed by atoms with E-state index in [0.29, 0.717) is 6.61 Å². The normalized spacial score (nSPS) is 27.2. The van der Waals surface area contributed by atoms with Crippen molar-refractivity contribution in [2.75, 3.05) is 7.11 Å². The van der Waals surface area contributed by atoms with Gasteiger partial charge in [0, 0.05) is 12.0 Å². The molecule has 1 saturated heterocycles. The van der Waals surface area contributed by atoms with E-state index in [1.807, 2.05) is 58.0 Å². The van der Waals surface area contributed by atoms with Gasteiger partial charge in [0.05, 0.1) is 25.9 Å². The van der Waals surface area contributed by atoms with Crippen LogP contribution in [-0.2, 0) is 30.3 Å². The van der Waals surface area contributed by atoms with E-state index in [-0.39, 0.29) is 30.2 Å². The van der Waals surface area contributed by atoms with Crippen molar-refractivity contribution in [3.63, 3.8) is 0 Å². The molecule has 1 aliphatic heterocycles. The van der Waals surface area contributed by atoms with Gasteiger partial charge in [-0.05, 0) is 26.3 Å². The molecule has 1 aliphatic rings. The largest absolute Gasteiger partial charge is 0.466 e. The summed E-state index contributed by atoms with van der Waals surface area (Å²) in [7, 11) is 1.36. The van der Waals surface area contributed by atoms with Gasteiger partial charge in [0.2, 0.25) is 0 Å². The van der Waals surface area contributed by atoms with E-state index in [1.165, 1.54) is 13.2 Å². The highest BCUT2D eigenvalue weighted by Crippen LogP contribution is 2.33. The molecule has 0 aliphatic carbocycles. The monoisotopic (exact) mass is 348 g/mol. The van der Waals surface area contributed by atoms with Crippen LogP contribution < -0.4 is 0 Å². The summed E-state index contributed by atoms with van der Waals surface area (Å²) in [6.45, 7) is 8.25. The Hall–Kier alpha value is -1.69. The number of rotatable bonds is 6. The van der Waals surface area contributed by atoms with Crippen LogP contribution in [0.2, 0.25) is 0 Å². The first kappa shape index (κ1) is 19.6. The van der Waals surface area contributed by atoms with E-state index >= 15 is 0 Å². The molecule has 0 radical (unpaired) electrons. The third-order valence-corrected chi connectivity index (χ3v) is 4.22. The van der Waals surface area contributed by atoms with Crippen LogP contribution in [0.15, 0.2) is 42.5 Å². The van der Waals surface area contributed by atoms with Gasteiger partial charge in [-0.1, -0.05) is 43.3 Å². The summed E-state index contributed by atoms with van der Waals surface area (Å²) in [5.74, 6) is -1.12. The van der Waals surface area contributed by atoms with Crippen molar-refractivity contribution in [2.24, 2.45) is 5.92 Å². The van der Waals surface area contributed by atoms with E-state index in [9.17, 15) is 4.79 Å². The second kappa shape index (κ2) is 8.61. The Bertz CT molecular complexity index is 581. The third-order valence-electron chi connectivity index (χ3n) is 4.22. The van der Waals surface area contributed by atoms with Crippen molar-refractivity contribution < 1.29 is 23.7 Å². The van der Waals surface area contributed by atoms with E-state index in [4.69, 9.17) is 14.2 Å². The lowest BCUT2D eigenvalue weighted by Crippen LogP contribution is -2.56. The maximum Gasteiger partial charge on any atom is 0.330 e. The second-order valence-electron chi connectivity index (χ2n) is 6.81. The molecule has 0 N–H and O–H groups in total. The lowest BCUT2D eigenvalue weighted by molar-refractivity contribution is -0.341. The first-order valence-corrected chi connectivity index (χ1v) is 8.59. The Kier molecular flexibility index (Phi) is 6.76. The van der Waals surface area contributed by atoms with E-state index < -0.39 is 5.79 Å². The fraction of sp³-hybridized carbons (Fsp3) is 0.550. The van der Waals surface area contributed by atoms with Crippen LogP contribution in [0.4, 0.5) is 0 Å². The van der Waals surface area contributed by atoms with Gasteiger partial charge in [-0.15, -0.1) is 0 Å². The van der Waals surface area contributed by atoms with Crippen LogP contribution in [0.5, 0.6) is 0 Å². The number of carbonyl (C=O) groups excluding carboxylic acids is 1. The Labute approximate surface area is 149 Å². The molecule has 0 saturated carbocycles. The van der Waals surface area contributed by atoms with Crippen molar-refractivity contribution in [1.29, 1.82) is 0 Å². The standard InChI is InChI=1S/C20H28O5/c1-14(11-12-17(21)22-5)18-19(15(2)24-20(3,4)25-18)23-13-16-9-7-6-8-10-16/h6-12,14-15,18-19H,13H2,1-5H3/b12-11+/t14-,15-,18-,19-/m1/s1. The van der Waals surface area contributed by atoms with Gasteiger partial charge >= 0.3 is 5.97 Å². The fourth-order valence-corrected chi connectivity index (χ4v) is 3.02. The number of methoxy groups -OCH3 is 1. The van der Waals surface area contributed by atoms with E-state index in [2.05, 4.69) is 4.74 Å². The highest BCUT2D eigenvalue weighted by atomic mass is 16.7. The van der Waals surface area contributed by atoms with Gasteiger partial charge in [0.15, 0.2) is 5.79 Å². The topological polar surface area (TPSA) is 54.0 Å². The van der Waals surface area contributed by atoms with Crippen molar-refractivity contribution in [2.45, 2.75) is 58.4 Å². The van der Waals surface area contributed by atoms with Crippen molar-refractivity contribution in [1.82, 2.24) is 0 Å². The summed E-state index contributed by atoms with van der Waals surface area (Å²) in [6, 6.07) is 9.99. The Balaban J connectivity index is 2.11. The molecule has 0 amide bonds. The molecule has 1 aromatic carbocycles. The minimum Gasteiger partial charge on any atom is -0.466 e. The smallest absolute Gasteiger partial charge is 0.330 e. The molecule has 1 heterocycles. The lowest BCUT2D eigenvalue weighted by Gasteiger charge is -2.46. The summed E-state index contributed by atoms with van der Waals surface area (Å²) in [5.41, 5.74) is 1.09. The van der Waals surface area contributed by atoms with Crippen LogP contribution in [0.1, 0.15) is 33.3 Å². The number of ether oxygens (including phenoxy) is 4. The van der Waals surface area contributed by atoms with Gasteiger partial charge in [-0.25, -0.2) is 4.79 Å². The molecule has 5 heteroatoms. The SMILES string of the molecule is COC(=O)/C=C/[C@@H](C)[C@H]1OC(C)(C)O[C@H](C)[C@H]1OCc1ccccc1. The van der Waals surface area contributed by atoms with E-state index in [1.54, 1.807) is 6.08 Å². The minimum absolute atomic E-state index is 0.0366. The zero-order valence-corrected chi connectivity index (χ0v) is 15.6. The molecule has 1 fully saturated rings. The number of carbonyl (C=O) groups is 1. The predicted octanol–water partition coefficient (Wildman–Crippen LogP) is 3.48. The Morgan fingerprint density at radius 2 is 1.96 bits per heavy atom. The molecule has 0 aromatic heterocycles. The van der Waals surface area contributed by atoms with Gasteiger partial charge in [-0.2, -0.15) is 0 Å². The quantitative estimate of drug-likeness (QED) is 0.582. The Morgan fingerprint density at radius 1 is 1.28 bits per heavy atom. The van der Waals surface area contributed by atoms with Gasteiger partial charge in [0.1, 0.15) is 6.10 Å². The Morgan fingerprint density at radius 3 is 2.60 bits per heavy atom. The van der Waals surface area contributed by atoms with Crippen molar-refractivity contribution >= 4 is 5.97 Å². The van der Waals surface area contributed by atoms with Crippen LogP contribution >= 0.6 is 0 Å². The highest BCUT2D eigenvalue weighted by Gasteiger charge is 2.43. The van der Waals surface area contributed by atoms with Crippen molar-refractivity contribution in [3.05, 3.63) is 48.0 Å². The summed E-state index contributed by atoms with van der Waals surface area (Å²) in [6.07, 6.45) is 2.61. The predicted molar refractivity (Wildman–Crippen MR) is 94.8 cm³/mol. The average molecular weight is 348 g/mol. The van der Waals surface area contributed by atoms with Crippen LogP contribution in [-0.4, -0.2) is 37.2 Å². The zero-order valence-electron chi connectivity index (χ0n) is 15.6. The maximum absolute atomic E-state index is 11.4. The molecule has 4 atom stereocenters. The third kappa shape index (κ3) is 5.66. The number of hydrogen-bond donors (Lipinski definition) is 0. The zero-order chi connectivity index (χ0) is 18.4. The summed E-state index contributed by atoms with van der Waals surface area (Å²) in [4.78, 5) is 11.4. The molecular weight excluding hydrogens is 320 g/mol. The second-order valence-corrected chi connectivity index (χ2v) is 6.81. The van der Waals surface area contributed by atoms with Crippen LogP contribution in [0, 0.1) is 5.92 Å². The van der Waals surface area contributed by atoms with Gasteiger partial charge in [0.25, 0.3) is 0 Å². The average Bonchev–Trinajstić information content (AvgIpc) is 2.58. The van der Waals surface area contributed by atoms with Gasteiger partial charge < -0.3 is 18.9 Å². The fourth-order valence-electron chi connectivity index (χ4n) is 3.02. The number of esters is 1. The van der Waals surface area contributed by atoms with E-state index in [0.717, 1.165) is 5.56 Å². The molecular formula is C20H28O5. The van der Waals surface area contributed by atoms with Crippen LogP contribution in [0.3, 0.4) is 0 Å². The molecule has 1 aromatic rings. The number of benzene rings is 1. The minimum atomic E-state index is -0.704. The first-order chi connectivity index (χ1) is 11.8. The molecule has 25 heavy (non-hydrogen) atoms.